The zero-order chi connectivity index (χ0) is 27.8. The van der Waals surface area contributed by atoms with Crippen LogP contribution in [0.4, 0.5) is 0 Å². The quantitative estimate of drug-likeness (QED) is 0.411. The van der Waals surface area contributed by atoms with E-state index >= 15 is 0 Å². The predicted molar refractivity (Wildman–Crippen MR) is 147 cm³/mol. The summed E-state index contributed by atoms with van der Waals surface area (Å²) in [7, 11) is 0. The number of nitriles is 1. The van der Waals surface area contributed by atoms with Crippen molar-refractivity contribution in [1.82, 2.24) is 5.32 Å². The number of nitrogens with zero attached hydrogens (tertiary/aromatic N) is 1. The highest BCUT2D eigenvalue weighted by Crippen LogP contribution is 2.24. The van der Waals surface area contributed by atoms with E-state index in [9.17, 15) is 19.2 Å². The number of ketones is 2. The zero-order valence-electron chi connectivity index (χ0n) is 21.9. The summed E-state index contributed by atoms with van der Waals surface area (Å²) >= 11 is 0. The maximum absolute atomic E-state index is 11.5. The van der Waals surface area contributed by atoms with Crippen molar-refractivity contribution in [1.29, 1.82) is 5.26 Å². The van der Waals surface area contributed by atoms with Gasteiger partial charge in [0.05, 0.1) is 12.0 Å². The number of amides is 2. The van der Waals surface area contributed by atoms with E-state index in [1.54, 1.807) is 13.8 Å². The van der Waals surface area contributed by atoms with Crippen LogP contribution in [0.15, 0.2) is 91.0 Å². The number of Topliss-reactive ketones (excluding diaryl/α,β-unsaturated/α-hetero) is 2. The van der Waals surface area contributed by atoms with Gasteiger partial charge in [0.1, 0.15) is 11.6 Å². The number of carbonyl (C=O) groups excluding carboxylic acids is 4. The predicted octanol–water partition coefficient (Wildman–Crippen LogP) is 5.69. The maximum Gasteiger partial charge on any atom is 0.234 e. The third-order valence-corrected chi connectivity index (χ3v) is 5.97. The lowest BCUT2D eigenvalue weighted by molar-refractivity contribution is -0.134. The third-order valence-electron chi connectivity index (χ3n) is 5.97. The first-order valence-corrected chi connectivity index (χ1v) is 12.7. The number of hydrogen-bond donors (Lipinski definition) is 1. The van der Waals surface area contributed by atoms with Gasteiger partial charge in [-0.2, -0.15) is 5.26 Å². The molecule has 0 saturated carbocycles. The van der Waals surface area contributed by atoms with Crippen molar-refractivity contribution in [3.05, 3.63) is 108 Å². The lowest BCUT2D eigenvalue weighted by atomic mass is 9.91. The van der Waals surface area contributed by atoms with Gasteiger partial charge < -0.3 is 0 Å². The highest BCUT2D eigenvalue weighted by Gasteiger charge is 2.27. The van der Waals surface area contributed by atoms with Gasteiger partial charge in [0.2, 0.25) is 11.8 Å². The number of piperidine rings is 1. The topological polar surface area (TPSA) is 104 Å². The number of hydrogen-bond acceptors (Lipinski definition) is 5. The summed E-state index contributed by atoms with van der Waals surface area (Å²) in [6.07, 6.45) is 2.66. The Balaban J connectivity index is 0.000000204. The standard InChI is InChI=1S/C12H13NO.C11H11NO2.C9H10O/c1-10(14)12(8-5-9-13)11-6-3-2-4-7-11;13-10-7-6-9(11(14)12-10)8-4-2-1-3-5-8;1-8(10)7-9-5-3-2-4-6-9/h2-4,6-7,12H,5,8H2,1H3;1-5,9H,6-7H2,(H,12,13,14);2-6H,7H2,1H3. The molecule has 2 atom stereocenters. The molecule has 0 bridgehead atoms. The van der Waals surface area contributed by atoms with E-state index < -0.39 is 0 Å². The first-order valence-electron chi connectivity index (χ1n) is 12.7. The molecule has 1 fully saturated rings. The largest absolute Gasteiger partial charge is 0.300 e. The SMILES string of the molecule is CC(=O)C(CCC#N)c1ccccc1.CC(=O)Cc1ccccc1.O=C1CCC(c2ccccc2)C(=O)N1. The van der Waals surface area contributed by atoms with Crippen LogP contribution in [0, 0.1) is 11.3 Å². The molecule has 1 saturated heterocycles. The van der Waals surface area contributed by atoms with Crippen LogP contribution in [0.3, 0.4) is 0 Å². The molecule has 2 amide bonds. The van der Waals surface area contributed by atoms with Gasteiger partial charge in [-0.1, -0.05) is 91.0 Å². The Morgan fingerprint density at radius 1 is 0.895 bits per heavy atom. The molecule has 0 aromatic heterocycles. The van der Waals surface area contributed by atoms with Crippen LogP contribution in [-0.2, 0) is 25.6 Å². The number of benzene rings is 3. The molecule has 1 aliphatic rings. The molecule has 2 unspecified atom stereocenters. The molecule has 0 spiro atoms. The first-order chi connectivity index (χ1) is 18.3. The Morgan fingerprint density at radius 2 is 1.45 bits per heavy atom. The van der Waals surface area contributed by atoms with Gasteiger partial charge in [0, 0.05) is 25.2 Å². The Bertz CT molecular complexity index is 1220. The average molecular weight is 511 g/mol. The normalized spacial score (nSPS) is 14.8. The van der Waals surface area contributed by atoms with Gasteiger partial charge in [-0.15, -0.1) is 0 Å². The van der Waals surface area contributed by atoms with Crippen LogP contribution in [0.2, 0.25) is 0 Å². The molecule has 1 aliphatic heterocycles. The fourth-order valence-corrected chi connectivity index (χ4v) is 4.08. The van der Waals surface area contributed by atoms with Crippen molar-refractivity contribution in [3.8, 4) is 6.07 Å². The van der Waals surface area contributed by atoms with E-state index in [1.165, 1.54) is 0 Å². The van der Waals surface area contributed by atoms with Crippen molar-refractivity contribution in [3.63, 3.8) is 0 Å². The molecule has 38 heavy (non-hydrogen) atoms. The van der Waals surface area contributed by atoms with E-state index in [4.69, 9.17) is 5.26 Å². The van der Waals surface area contributed by atoms with E-state index in [-0.39, 0.29) is 35.2 Å². The molecule has 0 radical (unpaired) electrons. The van der Waals surface area contributed by atoms with Crippen LogP contribution >= 0.6 is 0 Å². The van der Waals surface area contributed by atoms with Crippen LogP contribution in [-0.4, -0.2) is 23.4 Å². The number of nitrogens with one attached hydrogen (secondary N) is 1. The molecule has 4 rings (SSSR count). The minimum absolute atomic E-state index is 0.115. The van der Waals surface area contributed by atoms with Gasteiger partial charge >= 0.3 is 0 Å². The molecule has 196 valence electrons. The minimum atomic E-state index is -0.174. The van der Waals surface area contributed by atoms with Crippen molar-refractivity contribution in [2.45, 2.75) is 57.8 Å². The van der Waals surface area contributed by atoms with Gasteiger partial charge in [0.15, 0.2) is 0 Å². The Hall–Kier alpha value is -4.37. The molecule has 3 aromatic rings. The van der Waals surface area contributed by atoms with E-state index in [0.29, 0.717) is 32.1 Å². The first kappa shape index (κ1) is 29.9. The maximum atomic E-state index is 11.5. The lowest BCUT2D eigenvalue weighted by Gasteiger charge is -2.20. The lowest BCUT2D eigenvalue weighted by Crippen LogP contribution is -2.39. The van der Waals surface area contributed by atoms with Crippen LogP contribution in [0.1, 0.15) is 68.1 Å². The minimum Gasteiger partial charge on any atom is -0.300 e. The van der Waals surface area contributed by atoms with Crippen molar-refractivity contribution >= 4 is 23.4 Å². The van der Waals surface area contributed by atoms with Gasteiger partial charge in [0.25, 0.3) is 0 Å². The zero-order valence-corrected chi connectivity index (χ0v) is 21.9. The molecule has 1 heterocycles. The van der Waals surface area contributed by atoms with Crippen LogP contribution in [0.25, 0.3) is 0 Å². The third kappa shape index (κ3) is 10.7. The molecule has 0 aliphatic carbocycles. The molecule has 1 N–H and O–H groups in total. The molecule has 6 nitrogen and oxygen atoms in total. The summed E-state index contributed by atoms with van der Waals surface area (Å²) in [6, 6.07) is 31.0. The summed E-state index contributed by atoms with van der Waals surface area (Å²) in [5.74, 6) is -0.267. The summed E-state index contributed by atoms with van der Waals surface area (Å²) in [5, 5.41) is 10.8. The van der Waals surface area contributed by atoms with Gasteiger partial charge in [-0.05, 0) is 43.4 Å². The fourth-order valence-electron chi connectivity index (χ4n) is 4.08. The summed E-state index contributed by atoms with van der Waals surface area (Å²) in [5.41, 5.74) is 3.09. The number of carbonyl (C=O) groups is 4. The fraction of sp³-hybridized carbons (Fsp3) is 0.281. The smallest absolute Gasteiger partial charge is 0.234 e. The summed E-state index contributed by atoms with van der Waals surface area (Å²) < 4.78 is 0. The molecule has 3 aromatic carbocycles. The summed E-state index contributed by atoms with van der Waals surface area (Å²) in [6.45, 7) is 3.18. The highest BCUT2D eigenvalue weighted by molar-refractivity contribution is 6.00. The second kappa shape index (κ2) is 16.4. The second-order valence-corrected chi connectivity index (χ2v) is 9.05. The van der Waals surface area contributed by atoms with Gasteiger partial charge in [-0.3, -0.25) is 24.5 Å². The van der Waals surface area contributed by atoms with Crippen molar-refractivity contribution in [2.24, 2.45) is 0 Å². The molecule has 6 heteroatoms. The van der Waals surface area contributed by atoms with E-state index in [0.717, 1.165) is 16.7 Å². The van der Waals surface area contributed by atoms with Crippen molar-refractivity contribution in [2.75, 3.05) is 0 Å². The van der Waals surface area contributed by atoms with Gasteiger partial charge in [-0.25, -0.2) is 0 Å². The van der Waals surface area contributed by atoms with Crippen LogP contribution < -0.4 is 5.32 Å². The number of imide groups is 1. The van der Waals surface area contributed by atoms with Crippen molar-refractivity contribution < 1.29 is 19.2 Å². The van der Waals surface area contributed by atoms with E-state index in [2.05, 4.69) is 11.4 Å². The average Bonchev–Trinajstić information content (AvgIpc) is 2.91. The van der Waals surface area contributed by atoms with Crippen LogP contribution in [0.5, 0.6) is 0 Å². The Morgan fingerprint density at radius 3 is 1.95 bits per heavy atom. The molecular weight excluding hydrogens is 476 g/mol. The molecular formula is C32H34N2O4. The monoisotopic (exact) mass is 510 g/mol. The Kier molecular flexibility index (Phi) is 12.9. The highest BCUT2D eigenvalue weighted by atomic mass is 16.2. The van der Waals surface area contributed by atoms with E-state index in [1.807, 2.05) is 91.0 Å². The number of rotatable bonds is 7. The second-order valence-electron chi connectivity index (χ2n) is 9.05. The Labute approximate surface area is 224 Å². The summed E-state index contributed by atoms with van der Waals surface area (Å²) in [4.78, 5) is 44.3.